The van der Waals surface area contributed by atoms with Crippen LogP contribution in [0.5, 0.6) is 0 Å². The molecule has 1 N–H and O–H groups in total. The van der Waals surface area contributed by atoms with Crippen LogP contribution in [0.1, 0.15) is 72.1 Å². The van der Waals surface area contributed by atoms with Crippen LogP contribution in [0.4, 0.5) is 0 Å². The number of hydrogen-bond donors (Lipinski definition) is 1. The second-order valence-electron chi connectivity index (χ2n) is 7.09. The fourth-order valence-corrected chi connectivity index (χ4v) is 4.16. The summed E-state index contributed by atoms with van der Waals surface area (Å²) in [6.45, 7) is 9.48. The number of nitrogens with zero attached hydrogens (tertiary/aromatic N) is 1. The molecule has 1 saturated heterocycles. The highest BCUT2D eigenvalue weighted by atomic mass is 15.2. The van der Waals surface area contributed by atoms with Gasteiger partial charge >= 0.3 is 0 Å². The van der Waals surface area contributed by atoms with Crippen LogP contribution in [0.3, 0.4) is 0 Å². The standard InChI is InChI=1S/C17H34N2/c1-14(2)18-12-6-8-15(3)19-13-7-10-16-9-4-5-11-17(16)19/h14-18H,4-13H2,1-3H3. The molecule has 2 nitrogen and oxygen atoms in total. The van der Waals surface area contributed by atoms with Crippen molar-refractivity contribution in [3.05, 3.63) is 0 Å². The van der Waals surface area contributed by atoms with Gasteiger partial charge in [0.1, 0.15) is 0 Å². The molecule has 19 heavy (non-hydrogen) atoms. The monoisotopic (exact) mass is 266 g/mol. The maximum Gasteiger partial charge on any atom is 0.0126 e. The fourth-order valence-electron chi connectivity index (χ4n) is 4.16. The van der Waals surface area contributed by atoms with Gasteiger partial charge in [0, 0.05) is 18.1 Å². The molecule has 0 amide bonds. The first-order chi connectivity index (χ1) is 9.18. The highest BCUT2D eigenvalue weighted by Crippen LogP contribution is 2.36. The molecular weight excluding hydrogens is 232 g/mol. The van der Waals surface area contributed by atoms with E-state index >= 15 is 0 Å². The molecule has 0 radical (unpaired) electrons. The Balaban J connectivity index is 1.75. The van der Waals surface area contributed by atoms with E-state index in [9.17, 15) is 0 Å². The topological polar surface area (TPSA) is 15.3 Å². The van der Waals surface area contributed by atoms with Crippen LogP contribution in [0, 0.1) is 5.92 Å². The molecule has 2 aliphatic rings. The third-order valence-electron chi connectivity index (χ3n) is 5.20. The van der Waals surface area contributed by atoms with E-state index in [0.717, 1.165) is 18.0 Å². The number of nitrogens with one attached hydrogen (secondary N) is 1. The van der Waals surface area contributed by atoms with Gasteiger partial charge in [-0.3, -0.25) is 4.90 Å². The molecule has 1 aliphatic carbocycles. The average Bonchev–Trinajstić information content (AvgIpc) is 2.42. The number of fused-ring (bicyclic) bond motifs is 1. The van der Waals surface area contributed by atoms with Gasteiger partial charge in [0.25, 0.3) is 0 Å². The van der Waals surface area contributed by atoms with E-state index in [0.29, 0.717) is 6.04 Å². The summed E-state index contributed by atoms with van der Waals surface area (Å²) in [5.74, 6) is 1.03. The SMILES string of the molecule is CC(C)NCCCC(C)N1CCCC2CCCCC21. The Hall–Kier alpha value is -0.0800. The lowest BCUT2D eigenvalue weighted by Gasteiger charge is -2.47. The van der Waals surface area contributed by atoms with Gasteiger partial charge in [0.05, 0.1) is 0 Å². The van der Waals surface area contributed by atoms with Gasteiger partial charge in [0.2, 0.25) is 0 Å². The zero-order valence-corrected chi connectivity index (χ0v) is 13.3. The second-order valence-corrected chi connectivity index (χ2v) is 7.09. The van der Waals surface area contributed by atoms with Gasteiger partial charge in [-0.1, -0.05) is 26.7 Å². The van der Waals surface area contributed by atoms with Crippen molar-refractivity contribution < 1.29 is 0 Å². The van der Waals surface area contributed by atoms with Crippen LogP contribution in [0.2, 0.25) is 0 Å². The first-order valence-electron chi connectivity index (χ1n) is 8.67. The highest BCUT2D eigenvalue weighted by molar-refractivity contribution is 4.89. The quantitative estimate of drug-likeness (QED) is 0.736. The van der Waals surface area contributed by atoms with Gasteiger partial charge in [-0.15, -0.1) is 0 Å². The van der Waals surface area contributed by atoms with Crippen molar-refractivity contribution in [2.75, 3.05) is 13.1 Å². The van der Waals surface area contributed by atoms with Gasteiger partial charge in [-0.2, -0.15) is 0 Å². The summed E-state index contributed by atoms with van der Waals surface area (Å²) in [6.07, 6.45) is 11.6. The number of hydrogen-bond acceptors (Lipinski definition) is 2. The van der Waals surface area contributed by atoms with Gasteiger partial charge in [-0.25, -0.2) is 0 Å². The summed E-state index contributed by atoms with van der Waals surface area (Å²) in [6, 6.07) is 2.35. The van der Waals surface area contributed by atoms with Gasteiger partial charge in [0.15, 0.2) is 0 Å². The number of piperidine rings is 1. The molecule has 0 aromatic carbocycles. The minimum atomic E-state index is 0.632. The zero-order chi connectivity index (χ0) is 13.7. The van der Waals surface area contributed by atoms with Crippen LogP contribution in [-0.2, 0) is 0 Å². The number of rotatable bonds is 6. The number of likely N-dealkylation sites (tertiary alicyclic amines) is 1. The van der Waals surface area contributed by atoms with Gasteiger partial charge < -0.3 is 5.32 Å². The minimum absolute atomic E-state index is 0.632. The van der Waals surface area contributed by atoms with Crippen molar-refractivity contribution in [3.63, 3.8) is 0 Å². The van der Waals surface area contributed by atoms with E-state index in [1.54, 1.807) is 0 Å². The third-order valence-corrected chi connectivity index (χ3v) is 5.20. The minimum Gasteiger partial charge on any atom is -0.315 e. The smallest absolute Gasteiger partial charge is 0.0126 e. The fraction of sp³-hybridized carbons (Fsp3) is 1.00. The maximum atomic E-state index is 3.54. The van der Waals surface area contributed by atoms with Crippen molar-refractivity contribution in [3.8, 4) is 0 Å². The lowest BCUT2D eigenvalue weighted by Crippen LogP contribution is -2.50. The molecule has 1 heterocycles. The lowest BCUT2D eigenvalue weighted by molar-refractivity contribution is 0.0282. The van der Waals surface area contributed by atoms with Crippen molar-refractivity contribution in [1.82, 2.24) is 10.2 Å². The van der Waals surface area contributed by atoms with Gasteiger partial charge in [-0.05, 0) is 64.5 Å². The normalized spacial score (nSPS) is 30.3. The summed E-state index contributed by atoms with van der Waals surface area (Å²) in [4.78, 5) is 2.86. The van der Waals surface area contributed by atoms with Crippen LogP contribution < -0.4 is 5.32 Å². The predicted molar refractivity (Wildman–Crippen MR) is 83.5 cm³/mol. The molecule has 2 rings (SSSR count). The first kappa shape index (κ1) is 15.3. The van der Waals surface area contributed by atoms with Crippen LogP contribution in [0.25, 0.3) is 0 Å². The average molecular weight is 266 g/mol. The van der Waals surface area contributed by atoms with E-state index < -0.39 is 0 Å². The van der Waals surface area contributed by atoms with E-state index in [1.165, 1.54) is 64.5 Å². The predicted octanol–water partition coefficient (Wildman–Crippen LogP) is 3.81. The van der Waals surface area contributed by atoms with Crippen molar-refractivity contribution in [2.24, 2.45) is 5.92 Å². The maximum absolute atomic E-state index is 3.54. The molecule has 112 valence electrons. The third kappa shape index (κ3) is 4.46. The Bertz CT molecular complexity index is 250. The van der Waals surface area contributed by atoms with E-state index in [-0.39, 0.29) is 0 Å². The Morgan fingerprint density at radius 2 is 1.79 bits per heavy atom. The van der Waals surface area contributed by atoms with Crippen LogP contribution >= 0.6 is 0 Å². The lowest BCUT2D eigenvalue weighted by atomic mass is 9.77. The molecule has 0 aromatic rings. The molecule has 3 atom stereocenters. The molecule has 3 unspecified atom stereocenters. The molecule has 2 heteroatoms. The summed E-state index contributed by atoms with van der Waals surface area (Å²) in [5.41, 5.74) is 0. The summed E-state index contributed by atoms with van der Waals surface area (Å²) < 4.78 is 0. The molecule has 0 spiro atoms. The molecule has 0 aromatic heterocycles. The molecule has 1 saturated carbocycles. The Labute approximate surface area is 120 Å². The zero-order valence-electron chi connectivity index (χ0n) is 13.3. The molecule has 1 aliphatic heterocycles. The Morgan fingerprint density at radius 3 is 2.58 bits per heavy atom. The molecular formula is C17H34N2. The van der Waals surface area contributed by atoms with Crippen LogP contribution in [-0.4, -0.2) is 36.1 Å². The highest BCUT2D eigenvalue weighted by Gasteiger charge is 2.34. The Morgan fingerprint density at radius 1 is 1.05 bits per heavy atom. The van der Waals surface area contributed by atoms with E-state index in [4.69, 9.17) is 0 Å². The Kier molecular flexibility index (Phi) is 6.15. The second kappa shape index (κ2) is 7.64. The molecule has 2 fully saturated rings. The van der Waals surface area contributed by atoms with Crippen LogP contribution in [0.15, 0.2) is 0 Å². The summed E-state index contributed by atoms with van der Waals surface area (Å²) in [5, 5.41) is 3.54. The van der Waals surface area contributed by atoms with E-state index in [2.05, 4.69) is 31.0 Å². The molecule has 0 bridgehead atoms. The van der Waals surface area contributed by atoms with E-state index in [1.807, 2.05) is 0 Å². The van der Waals surface area contributed by atoms with Crippen molar-refractivity contribution in [2.45, 2.75) is 90.3 Å². The summed E-state index contributed by atoms with van der Waals surface area (Å²) >= 11 is 0. The largest absolute Gasteiger partial charge is 0.315 e. The summed E-state index contributed by atoms with van der Waals surface area (Å²) in [7, 11) is 0. The first-order valence-corrected chi connectivity index (χ1v) is 8.67. The van der Waals surface area contributed by atoms with Crippen molar-refractivity contribution in [1.29, 1.82) is 0 Å². The van der Waals surface area contributed by atoms with Crippen molar-refractivity contribution >= 4 is 0 Å².